The zero-order valence-corrected chi connectivity index (χ0v) is 13.3. The molecule has 1 heterocycles. The molecule has 2 amide bonds. The lowest BCUT2D eigenvalue weighted by Crippen LogP contribution is -2.40. The number of hydrogen-bond acceptors (Lipinski definition) is 3. The molecule has 1 saturated heterocycles. The number of urea groups is 1. The summed E-state index contributed by atoms with van der Waals surface area (Å²) < 4.78 is 5.62. The number of carbonyl (C=O) groups is 1. The molecule has 0 spiro atoms. The summed E-state index contributed by atoms with van der Waals surface area (Å²) in [5.74, 6) is 0. The van der Waals surface area contributed by atoms with Gasteiger partial charge in [-0.3, -0.25) is 0 Å². The van der Waals surface area contributed by atoms with Crippen molar-refractivity contribution in [2.24, 2.45) is 0 Å². The van der Waals surface area contributed by atoms with E-state index < -0.39 is 6.04 Å². The van der Waals surface area contributed by atoms with E-state index in [2.05, 4.69) is 10.6 Å². The highest BCUT2D eigenvalue weighted by Gasteiger charge is 2.15. The summed E-state index contributed by atoms with van der Waals surface area (Å²) in [7, 11) is 0. The van der Waals surface area contributed by atoms with E-state index in [1.165, 1.54) is 6.42 Å². The SMILES string of the molecule is O=C(NCCC1CCCCO1)NC(CO)c1ccc(Cl)cc1. The number of nitrogens with one attached hydrogen (secondary N) is 2. The van der Waals surface area contributed by atoms with Crippen molar-refractivity contribution in [1.82, 2.24) is 10.6 Å². The van der Waals surface area contributed by atoms with Crippen molar-refractivity contribution >= 4 is 17.6 Å². The Bertz CT molecular complexity index is 461. The van der Waals surface area contributed by atoms with E-state index in [0.29, 0.717) is 11.6 Å². The second kappa shape index (κ2) is 8.98. The molecule has 1 fully saturated rings. The van der Waals surface area contributed by atoms with Gasteiger partial charge in [0.25, 0.3) is 0 Å². The molecule has 0 bridgehead atoms. The van der Waals surface area contributed by atoms with Gasteiger partial charge in [0, 0.05) is 18.2 Å². The fraction of sp³-hybridized carbons (Fsp3) is 0.562. The first-order valence-electron chi connectivity index (χ1n) is 7.71. The molecular formula is C16H23ClN2O3. The van der Waals surface area contributed by atoms with Crippen LogP contribution in [-0.2, 0) is 4.74 Å². The minimum atomic E-state index is -0.441. The number of benzene rings is 1. The van der Waals surface area contributed by atoms with Gasteiger partial charge < -0.3 is 20.5 Å². The van der Waals surface area contributed by atoms with Crippen LogP contribution in [0, 0.1) is 0 Å². The summed E-state index contributed by atoms with van der Waals surface area (Å²) in [4.78, 5) is 11.9. The van der Waals surface area contributed by atoms with Gasteiger partial charge in [-0.05, 0) is 43.4 Å². The fourth-order valence-electron chi connectivity index (χ4n) is 2.52. The normalized spacial score (nSPS) is 19.5. The van der Waals surface area contributed by atoms with Crippen molar-refractivity contribution in [3.63, 3.8) is 0 Å². The van der Waals surface area contributed by atoms with Crippen LogP contribution >= 0.6 is 11.6 Å². The molecule has 6 heteroatoms. The Kier molecular flexibility index (Phi) is 6.96. The molecule has 0 saturated carbocycles. The summed E-state index contributed by atoms with van der Waals surface area (Å²) in [5.41, 5.74) is 0.817. The lowest BCUT2D eigenvalue weighted by molar-refractivity contribution is 0.0119. The summed E-state index contributed by atoms with van der Waals surface area (Å²) in [6.45, 7) is 1.22. The molecule has 2 atom stereocenters. The maximum absolute atomic E-state index is 11.9. The van der Waals surface area contributed by atoms with Gasteiger partial charge in [-0.15, -0.1) is 0 Å². The van der Waals surface area contributed by atoms with E-state index in [1.54, 1.807) is 24.3 Å². The highest BCUT2D eigenvalue weighted by atomic mass is 35.5. The Hall–Kier alpha value is -1.30. The van der Waals surface area contributed by atoms with Crippen molar-refractivity contribution in [2.75, 3.05) is 19.8 Å². The molecule has 0 radical (unpaired) electrons. The number of carbonyl (C=O) groups excluding carboxylic acids is 1. The monoisotopic (exact) mass is 326 g/mol. The first-order valence-corrected chi connectivity index (χ1v) is 8.09. The largest absolute Gasteiger partial charge is 0.394 e. The Morgan fingerprint density at radius 2 is 2.14 bits per heavy atom. The summed E-state index contributed by atoms with van der Waals surface area (Å²) >= 11 is 5.83. The van der Waals surface area contributed by atoms with E-state index in [-0.39, 0.29) is 18.7 Å². The third-order valence-electron chi connectivity index (χ3n) is 3.79. The molecule has 0 aliphatic carbocycles. The van der Waals surface area contributed by atoms with Gasteiger partial charge in [-0.1, -0.05) is 23.7 Å². The average Bonchev–Trinajstić information content (AvgIpc) is 2.54. The molecule has 0 aromatic heterocycles. The van der Waals surface area contributed by atoms with Crippen LogP contribution in [0.2, 0.25) is 5.02 Å². The van der Waals surface area contributed by atoms with Crippen LogP contribution in [0.5, 0.6) is 0 Å². The van der Waals surface area contributed by atoms with E-state index in [1.807, 2.05) is 0 Å². The molecule has 1 aromatic carbocycles. The van der Waals surface area contributed by atoms with Crippen LogP contribution in [-0.4, -0.2) is 37.0 Å². The summed E-state index contributed by atoms with van der Waals surface area (Å²) in [6, 6.07) is 6.32. The first-order chi connectivity index (χ1) is 10.7. The third-order valence-corrected chi connectivity index (χ3v) is 4.04. The molecule has 122 valence electrons. The highest BCUT2D eigenvalue weighted by Crippen LogP contribution is 2.16. The Balaban J connectivity index is 1.73. The topological polar surface area (TPSA) is 70.6 Å². The average molecular weight is 327 g/mol. The van der Waals surface area contributed by atoms with Crippen LogP contribution in [0.3, 0.4) is 0 Å². The highest BCUT2D eigenvalue weighted by molar-refractivity contribution is 6.30. The van der Waals surface area contributed by atoms with Crippen LogP contribution < -0.4 is 10.6 Å². The predicted molar refractivity (Wildman–Crippen MR) is 86.0 cm³/mol. The molecule has 2 unspecified atom stereocenters. The molecule has 3 N–H and O–H groups in total. The Labute approximate surface area is 136 Å². The van der Waals surface area contributed by atoms with Gasteiger partial charge in [0.2, 0.25) is 0 Å². The van der Waals surface area contributed by atoms with Crippen molar-refractivity contribution in [3.05, 3.63) is 34.9 Å². The molecule has 5 nitrogen and oxygen atoms in total. The number of halogens is 1. The van der Waals surface area contributed by atoms with Gasteiger partial charge in [-0.25, -0.2) is 4.79 Å². The van der Waals surface area contributed by atoms with E-state index in [4.69, 9.17) is 16.3 Å². The van der Waals surface area contributed by atoms with Crippen molar-refractivity contribution in [2.45, 2.75) is 37.8 Å². The van der Waals surface area contributed by atoms with Crippen LogP contribution in [0.15, 0.2) is 24.3 Å². The lowest BCUT2D eigenvalue weighted by Gasteiger charge is -2.23. The second-order valence-corrected chi connectivity index (χ2v) is 5.90. The zero-order valence-electron chi connectivity index (χ0n) is 12.6. The minimum Gasteiger partial charge on any atom is -0.394 e. The van der Waals surface area contributed by atoms with Crippen molar-refractivity contribution < 1.29 is 14.6 Å². The fourth-order valence-corrected chi connectivity index (χ4v) is 2.65. The maximum Gasteiger partial charge on any atom is 0.315 e. The van der Waals surface area contributed by atoms with Gasteiger partial charge in [0.15, 0.2) is 0 Å². The van der Waals surface area contributed by atoms with Crippen molar-refractivity contribution in [3.8, 4) is 0 Å². The lowest BCUT2D eigenvalue weighted by atomic mass is 10.1. The summed E-state index contributed by atoms with van der Waals surface area (Å²) in [6.07, 6.45) is 4.45. The minimum absolute atomic E-state index is 0.166. The maximum atomic E-state index is 11.9. The van der Waals surface area contributed by atoms with Gasteiger partial charge in [0.1, 0.15) is 0 Å². The number of aliphatic hydroxyl groups excluding tert-OH is 1. The first kappa shape index (κ1) is 17.1. The predicted octanol–water partition coefficient (Wildman–Crippen LogP) is 2.63. The molecule has 2 rings (SSSR count). The van der Waals surface area contributed by atoms with E-state index in [9.17, 15) is 9.90 Å². The van der Waals surface area contributed by atoms with Crippen LogP contribution in [0.25, 0.3) is 0 Å². The van der Waals surface area contributed by atoms with E-state index >= 15 is 0 Å². The molecule has 1 aromatic rings. The summed E-state index contributed by atoms with van der Waals surface area (Å²) in [5, 5.41) is 15.6. The quantitative estimate of drug-likeness (QED) is 0.752. The molecular weight excluding hydrogens is 304 g/mol. The van der Waals surface area contributed by atoms with Crippen LogP contribution in [0.1, 0.15) is 37.3 Å². The van der Waals surface area contributed by atoms with E-state index in [0.717, 1.165) is 31.4 Å². The number of amides is 2. The number of rotatable bonds is 6. The Morgan fingerprint density at radius 3 is 2.77 bits per heavy atom. The van der Waals surface area contributed by atoms with Gasteiger partial charge in [-0.2, -0.15) is 0 Å². The standard InChI is InChI=1S/C16H23ClN2O3/c17-13-6-4-12(5-7-13)15(11-20)19-16(21)18-9-8-14-3-1-2-10-22-14/h4-7,14-15,20H,1-3,8-11H2,(H2,18,19,21). The van der Waals surface area contributed by atoms with Crippen LogP contribution in [0.4, 0.5) is 4.79 Å². The number of ether oxygens (including phenoxy) is 1. The third kappa shape index (κ3) is 5.48. The second-order valence-electron chi connectivity index (χ2n) is 5.46. The molecule has 22 heavy (non-hydrogen) atoms. The zero-order chi connectivity index (χ0) is 15.8. The molecule has 1 aliphatic heterocycles. The Morgan fingerprint density at radius 1 is 1.36 bits per heavy atom. The number of aliphatic hydroxyl groups is 1. The smallest absolute Gasteiger partial charge is 0.315 e. The number of hydrogen-bond donors (Lipinski definition) is 3. The van der Waals surface area contributed by atoms with Crippen molar-refractivity contribution in [1.29, 1.82) is 0 Å². The molecule has 1 aliphatic rings. The van der Waals surface area contributed by atoms with Gasteiger partial charge >= 0.3 is 6.03 Å². The van der Waals surface area contributed by atoms with Gasteiger partial charge in [0.05, 0.1) is 18.8 Å².